The molecule has 0 bridgehead atoms. The van der Waals surface area contributed by atoms with Gasteiger partial charge in [-0.05, 0) is 13.8 Å². The van der Waals surface area contributed by atoms with E-state index in [4.69, 9.17) is 16.3 Å². The highest BCUT2D eigenvalue weighted by atomic mass is 35.5. The number of ether oxygens (including phenoxy) is 1. The number of rotatable bonds is 2. The van der Waals surface area contributed by atoms with Gasteiger partial charge in [0.25, 0.3) is 0 Å². The monoisotopic (exact) mass is 243 g/mol. The molecule has 0 N–H and O–H groups in total. The molecule has 0 amide bonds. The van der Waals surface area contributed by atoms with E-state index in [1.165, 1.54) is 0 Å². The van der Waals surface area contributed by atoms with Crippen molar-refractivity contribution in [2.24, 2.45) is 7.05 Å². The van der Waals surface area contributed by atoms with Gasteiger partial charge in [-0.3, -0.25) is 4.90 Å². The highest BCUT2D eigenvalue weighted by molar-refractivity contribution is 6.29. The molecule has 1 aliphatic rings. The molecule has 0 spiro atoms. The van der Waals surface area contributed by atoms with Crippen LogP contribution < -0.4 is 0 Å². The van der Waals surface area contributed by atoms with Crippen LogP contribution in [0.4, 0.5) is 0 Å². The van der Waals surface area contributed by atoms with Gasteiger partial charge in [0.1, 0.15) is 11.0 Å². The summed E-state index contributed by atoms with van der Waals surface area (Å²) in [6, 6.07) is 0.437. The maximum atomic E-state index is 5.97. The SMILES string of the molecule is CC1CN(Cc2ncc(Cl)n2C)C(C)CO1. The number of nitrogens with zero attached hydrogens (tertiary/aromatic N) is 3. The molecule has 0 saturated carbocycles. The van der Waals surface area contributed by atoms with Gasteiger partial charge in [-0.1, -0.05) is 11.6 Å². The third-order valence-electron chi connectivity index (χ3n) is 3.11. The Hall–Kier alpha value is -0.580. The van der Waals surface area contributed by atoms with Gasteiger partial charge in [0.15, 0.2) is 0 Å². The number of halogens is 1. The first kappa shape index (κ1) is 11.9. The van der Waals surface area contributed by atoms with Crippen molar-refractivity contribution in [2.75, 3.05) is 13.2 Å². The van der Waals surface area contributed by atoms with Gasteiger partial charge in [0.05, 0.1) is 25.5 Å². The number of imidazole rings is 1. The van der Waals surface area contributed by atoms with E-state index in [9.17, 15) is 0 Å². The molecule has 90 valence electrons. The van der Waals surface area contributed by atoms with Crippen LogP contribution in [-0.4, -0.2) is 39.7 Å². The van der Waals surface area contributed by atoms with Crippen LogP contribution in [0.2, 0.25) is 5.15 Å². The minimum Gasteiger partial charge on any atom is -0.376 e. The summed E-state index contributed by atoms with van der Waals surface area (Å²) in [5, 5.41) is 0.684. The van der Waals surface area contributed by atoms with Crippen molar-refractivity contribution in [2.45, 2.75) is 32.5 Å². The summed E-state index contributed by atoms with van der Waals surface area (Å²) >= 11 is 5.97. The highest BCUT2D eigenvalue weighted by Crippen LogP contribution is 2.16. The summed E-state index contributed by atoms with van der Waals surface area (Å²) in [5.41, 5.74) is 0. The number of hydrogen-bond acceptors (Lipinski definition) is 3. The van der Waals surface area contributed by atoms with E-state index in [1.54, 1.807) is 6.20 Å². The fourth-order valence-electron chi connectivity index (χ4n) is 1.95. The van der Waals surface area contributed by atoms with E-state index < -0.39 is 0 Å². The molecule has 1 aromatic heterocycles. The first-order valence-electron chi connectivity index (χ1n) is 5.59. The molecular weight excluding hydrogens is 226 g/mol. The smallest absolute Gasteiger partial charge is 0.128 e. The zero-order valence-corrected chi connectivity index (χ0v) is 10.7. The van der Waals surface area contributed by atoms with Gasteiger partial charge in [-0.2, -0.15) is 0 Å². The second-order valence-electron chi connectivity index (χ2n) is 4.48. The molecule has 1 fully saturated rings. The first-order valence-corrected chi connectivity index (χ1v) is 5.97. The molecule has 5 heteroatoms. The Morgan fingerprint density at radius 1 is 1.56 bits per heavy atom. The van der Waals surface area contributed by atoms with Crippen molar-refractivity contribution >= 4 is 11.6 Å². The quantitative estimate of drug-likeness (QED) is 0.792. The lowest BCUT2D eigenvalue weighted by molar-refractivity contribution is -0.0537. The zero-order chi connectivity index (χ0) is 11.7. The molecule has 4 nitrogen and oxygen atoms in total. The van der Waals surface area contributed by atoms with Gasteiger partial charge >= 0.3 is 0 Å². The Labute approximate surface area is 101 Å². The summed E-state index contributed by atoms with van der Waals surface area (Å²) in [7, 11) is 1.94. The Kier molecular flexibility index (Phi) is 3.52. The molecule has 2 heterocycles. The molecule has 2 atom stereocenters. The summed E-state index contributed by atoms with van der Waals surface area (Å²) in [5.74, 6) is 1.01. The van der Waals surface area contributed by atoms with Crippen molar-refractivity contribution in [3.05, 3.63) is 17.2 Å². The molecule has 2 unspecified atom stereocenters. The van der Waals surface area contributed by atoms with Gasteiger partial charge in [0, 0.05) is 19.6 Å². The van der Waals surface area contributed by atoms with Crippen LogP contribution in [0, 0.1) is 0 Å². The molecule has 1 saturated heterocycles. The molecule has 0 aliphatic carbocycles. The van der Waals surface area contributed by atoms with E-state index in [-0.39, 0.29) is 0 Å². The average Bonchev–Trinajstić information content (AvgIpc) is 2.55. The van der Waals surface area contributed by atoms with Crippen molar-refractivity contribution < 1.29 is 4.74 Å². The summed E-state index contributed by atoms with van der Waals surface area (Å²) in [4.78, 5) is 6.70. The zero-order valence-electron chi connectivity index (χ0n) is 9.98. The van der Waals surface area contributed by atoms with E-state index in [0.717, 1.165) is 25.5 Å². The first-order chi connectivity index (χ1) is 7.58. The van der Waals surface area contributed by atoms with Crippen LogP contribution in [0.1, 0.15) is 19.7 Å². The number of hydrogen-bond donors (Lipinski definition) is 0. The van der Waals surface area contributed by atoms with Crippen LogP contribution in [-0.2, 0) is 18.3 Å². The highest BCUT2D eigenvalue weighted by Gasteiger charge is 2.24. The van der Waals surface area contributed by atoms with Gasteiger partial charge in [0.2, 0.25) is 0 Å². The van der Waals surface area contributed by atoms with Gasteiger partial charge in [-0.15, -0.1) is 0 Å². The summed E-state index contributed by atoms with van der Waals surface area (Å²) < 4.78 is 7.52. The number of morpholine rings is 1. The predicted molar refractivity (Wildman–Crippen MR) is 63.5 cm³/mol. The fourth-order valence-corrected chi connectivity index (χ4v) is 2.09. The largest absolute Gasteiger partial charge is 0.376 e. The van der Waals surface area contributed by atoms with Crippen molar-refractivity contribution in [3.8, 4) is 0 Å². The Bertz CT molecular complexity index is 366. The fraction of sp³-hybridized carbons (Fsp3) is 0.727. The molecule has 2 rings (SSSR count). The molecular formula is C11H18ClN3O. The van der Waals surface area contributed by atoms with Crippen LogP contribution in [0.25, 0.3) is 0 Å². The van der Waals surface area contributed by atoms with E-state index >= 15 is 0 Å². The Morgan fingerprint density at radius 2 is 2.31 bits per heavy atom. The van der Waals surface area contributed by atoms with E-state index in [1.807, 2.05) is 11.6 Å². The normalized spacial score (nSPS) is 27.2. The lowest BCUT2D eigenvalue weighted by Gasteiger charge is -2.36. The predicted octanol–water partition coefficient (Wildman–Crippen LogP) is 1.68. The minimum atomic E-state index is 0.298. The van der Waals surface area contributed by atoms with Crippen molar-refractivity contribution in [1.82, 2.24) is 14.5 Å². The maximum absolute atomic E-state index is 5.97. The summed E-state index contributed by atoms with van der Waals surface area (Å²) in [6.07, 6.45) is 2.00. The summed E-state index contributed by atoms with van der Waals surface area (Å²) in [6.45, 7) is 6.85. The van der Waals surface area contributed by atoms with E-state index in [0.29, 0.717) is 17.3 Å². The third kappa shape index (κ3) is 2.39. The maximum Gasteiger partial charge on any atom is 0.128 e. The van der Waals surface area contributed by atoms with Crippen LogP contribution in [0.3, 0.4) is 0 Å². The van der Waals surface area contributed by atoms with Crippen LogP contribution >= 0.6 is 11.6 Å². The van der Waals surface area contributed by atoms with E-state index in [2.05, 4.69) is 23.7 Å². The molecule has 0 aromatic carbocycles. The standard InChI is InChI=1S/C11H18ClN3O/c1-8-7-16-9(2)5-15(8)6-11-13-4-10(12)14(11)3/h4,8-9H,5-7H2,1-3H3. The molecule has 1 aromatic rings. The lowest BCUT2D eigenvalue weighted by atomic mass is 10.2. The Balaban J connectivity index is 2.05. The molecule has 1 aliphatic heterocycles. The molecule has 16 heavy (non-hydrogen) atoms. The van der Waals surface area contributed by atoms with Crippen molar-refractivity contribution in [3.63, 3.8) is 0 Å². The average molecular weight is 244 g/mol. The lowest BCUT2D eigenvalue weighted by Crippen LogP contribution is -2.47. The van der Waals surface area contributed by atoms with Crippen LogP contribution in [0.5, 0.6) is 0 Å². The Morgan fingerprint density at radius 3 is 2.94 bits per heavy atom. The third-order valence-corrected chi connectivity index (χ3v) is 3.46. The minimum absolute atomic E-state index is 0.298. The van der Waals surface area contributed by atoms with Crippen LogP contribution in [0.15, 0.2) is 6.20 Å². The molecule has 0 radical (unpaired) electrons. The van der Waals surface area contributed by atoms with Gasteiger partial charge < -0.3 is 9.30 Å². The second-order valence-corrected chi connectivity index (χ2v) is 4.87. The number of aromatic nitrogens is 2. The van der Waals surface area contributed by atoms with Gasteiger partial charge in [-0.25, -0.2) is 4.98 Å². The topological polar surface area (TPSA) is 30.3 Å². The second kappa shape index (κ2) is 4.73. The van der Waals surface area contributed by atoms with Crippen molar-refractivity contribution in [1.29, 1.82) is 0 Å².